The summed E-state index contributed by atoms with van der Waals surface area (Å²) < 4.78 is 0.600. The molecule has 0 amide bonds. The fourth-order valence-corrected chi connectivity index (χ4v) is 1.63. The molecule has 17 heavy (non-hydrogen) atoms. The summed E-state index contributed by atoms with van der Waals surface area (Å²) in [6.07, 6.45) is 0. The van der Waals surface area contributed by atoms with Gasteiger partial charge in [0.05, 0.1) is 16.6 Å². The molecular formula is C11H15BrN2O3. The zero-order chi connectivity index (χ0) is 13.2. The highest BCUT2D eigenvalue weighted by molar-refractivity contribution is 9.10. The average Bonchev–Trinajstić information content (AvgIpc) is 2.19. The Labute approximate surface area is 108 Å². The zero-order valence-corrected chi connectivity index (χ0v) is 11.5. The van der Waals surface area contributed by atoms with Gasteiger partial charge in [0.1, 0.15) is 0 Å². The molecule has 0 heterocycles. The number of nitro groups is 1. The molecule has 6 heteroatoms. The highest BCUT2D eigenvalue weighted by atomic mass is 79.9. The van der Waals surface area contributed by atoms with E-state index in [9.17, 15) is 15.2 Å². The van der Waals surface area contributed by atoms with Crippen LogP contribution in [0.15, 0.2) is 22.7 Å². The van der Waals surface area contributed by atoms with E-state index < -0.39 is 10.5 Å². The molecule has 5 nitrogen and oxygen atoms in total. The summed E-state index contributed by atoms with van der Waals surface area (Å²) in [4.78, 5) is 10.1. The van der Waals surface area contributed by atoms with Gasteiger partial charge < -0.3 is 10.4 Å². The van der Waals surface area contributed by atoms with Crippen LogP contribution >= 0.6 is 15.9 Å². The number of halogens is 1. The predicted octanol–water partition coefficient (Wildman–Crippen LogP) is 2.93. The smallest absolute Gasteiger partial charge is 0.270 e. The maximum Gasteiger partial charge on any atom is 0.270 e. The number of aliphatic hydroxyl groups is 1. The van der Waals surface area contributed by atoms with Crippen LogP contribution in [-0.4, -0.2) is 21.7 Å². The molecule has 0 saturated heterocycles. The third-order valence-corrected chi connectivity index (χ3v) is 3.25. The summed E-state index contributed by atoms with van der Waals surface area (Å²) >= 11 is 3.26. The van der Waals surface area contributed by atoms with E-state index in [0.29, 0.717) is 10.2 Å². The van der Waals surface area contributed by atoms with Gasteiger partial charge in [-0.15, -0.1) is 0 Å². The summed E-state index contributed by atoms with van der Waals surface area (Å²) in [5.41, 5.74) is -0.134. The van der Waals surface area contributed by atoms with Crippen LogP contribution < -0.4 is 5.32 Å². The lowest BCUT2D eigenvalue weighted by atomic mass is 10.0. The van der Waals surface area contributed by atoms with Crippen molar-refractivity contribution in [3.8, 4) is 0 Å². The van der Waals surface area contributed by atoms with Crippen LogP contribution in [0.1, 0.15) is 20.8 Å². The molecule has 0 spiro atoms. The average molecular weight is 303 g/mol. The second-order valence-corrected chi connectivity index (χ2v) is 5.30. The summed E-state index contributed by atoms with van der Waals surface area (Å²) in [6, 6.07) is 4.29. The second kappa shape index (κ2) is 5.01. The Morgan fingerprint density at radius 3 is 2.53 bits per heavy atom. The minimum Gasteiger partial charge on any atom is -0.388 e. The van der Waals surface area contributed by atoms with Crippen molar-refractivity contribution in [3.63, 3.8) is 0 Å². The summed E-state index contributed by atoms with van der Waals surface area (Å²) in [6.45, 7) is 5.24. The van der Waals surface area contributed by atoms with E-state index in [1.54, 1.807) is 19.9 Å². The Kier molecular flexibility index (Phi) is 4.11. The Balaban J connectivity index is 2.90. The van der Waals surface area contributed by atoms with Crippen molar-refractivity contribution in [3.05, 3.63) is 32.8 Å². The molecular weight excluding hydrogens is 288 g/mol. The van der Waals surface area contributed by atoms with Gasteiger partial charge in [0.25, 0.3) is 5.69 Å². The minimum absolute atomic E-state index is 0.0262. The highest BCUT2D eigenvalue weighted by Gasteiger charge is 2.22. The number of nitro benzene ring substituents is 1. The van der Waals surface area contributed by atoms with Gasteiger partial charge in [-0.3, -0.25) is 10.1 Å². The molecule has 0 aliphatic heterocycles. The number of nitrogens with zero attached hydrogens (tertiary/aromatic N) is 1. The molecule has 0 aliphatic rings. The van der Waals surface area contributed by atoms with Crippen molar-refractivity contribution in [1.82, 2.24) is 0 Å². The first-order valence-corrected chi connectivity index (χ1v) is 5.94. The summed E-state index contributed by atoms with van der Waals surface area (Å²) in [5.74, 6) is 0. The van der Waals surface area contributed by atoms with Gasteiger partial charge in [0.15, 0.2) is 0 Å². The van der Waals surface area contributed by atoms with Gasteiger partial charge in [-0.1, -0.05) is 0 Å². The first kappa shape index (κ1) is 13.9. The number of non-ortho nitro benzene ring substituents is 1. The number of rotatable bonds is 4. The van der Waals surface area contributed by atoms with E-state index in [1.165, 1.54) is 12.1 Å². The molecule has 1 aromatic carbocycles. The monoisotopic (exact) mass is 302 g/mol. The first-order valence-electron chi connectivity index (χ1n) is 5.14. The number of nitrogens with one attached hydrogen (secondary N) is 1. The lowest BCUT2D eigenvalue weighted by Gasteiger charge is -2.28. The molecule has 0 aliphatic carbocycles. The van der Waals surface area contributed by atoms with Gasteiger partial charge >= 0.3 is 0 Å². The molecule has 1 atom stereocenters. The van der Waals surface area contributed by atoms with Crippen molar-refractivity contribution >= 4 is 27.3 Å². The van der Waals surface area contributed by atoms with Gasteiger partial charge in [-0.25, -0.2) is 0 Å². The minimum atomic E-state index is -0.874. The largest absolute Gasteiger partial charge is 0.388 e. The molecule has 1 aromatic rings. The number of hydrogen-bond donors (Lipinski definition) is 2. The van der Waals surface area contributed by atoms with E-state index in [4.69, 9.17) is 0 Å². The van der Waals surface area contributed by atoms with E-state index in [2.05, 4.69) is 21.2 Å². The molecule has 2 N–H and O–H groups in total. The summed E-state index contributed by atoms with van der Waals surface area (Å²) in [7, 11) is 0. The van der Waals surface area contributed by atoms with E-state index >= 15 is 0 Å². The molecule has 0 radical (unpaired) electrons. The number of anilines is 1. The van der Waals surface area contributed by atoms with E-state index in [1.807, 2.05) is 6.92 Å². The van der Waals surface area contributed by atoms with Crippen molar-refractivity contribution in [2.45, 2.75) is 32.4 Å². The van der Waals surface area contributed by atoms with Crippen molar-refractivity contribution in [1.29, 1.82) is 0 Å². The first-order chi connectivity index (χ1) is 7.71. The van der Waals surface area contributed by atoms with Crippen LogP contribution in [0.3, 0.4) is 0 Å². The Morgan fingerprint density at radius 1 is 1.53 bits per heavy atom. The van der Waals surface area contributed by atoms with Gasteiger partial charge in [0, 0.05) is 22.3 Å². The maximum atomic E-state index is 10.6. The topological polar surface area (TPSA) is 75.4 Å². The van der Waals surface area contributed by atoms with Crippen molar-refractivity contribution in [2.75, 3.05) is 5.32 Å². The molecule has 0 saturated carbocycles. The second-order valence-electron chi connectivity index (χ2n) is 4.44. The van der Waals surface area contributed by atoms with Crippen molar-refractivity contribution in [2.24, 2.45) is 0 Å². The zero-order valence-electron chi connectivity index (χ0n) is 9.90. The third kappa shape index (κ3) is 3.67. The molecule has 0 bridgehead atoms. The van der Waals surface area contributed by atoms with Crippen LogP contribution in [0.2, 0.25) is 0 Å². The normalized spacial score (nSPS) is 13.2. The van der Waals surface area contributed by atoms with Crippen LogP contribution in [0.5, 0.6) is 0 Å². The van der Waals surface area contributed by atoms with Gasteiger partial charge in [-0.2, -0.15) is 0 Å². The lowest BCUT2D eigenvalue weighted by Crippen LogP contribution is -2.39. The predicted molar refractivity (Wildman–Crippen MR) is 70.2 cm³/mol. The van der Waals surface area contributed by atoms with E-state index in [-0.39, 0.29) is 11.7 Å². The highest BCUT2D eigenvalue weighted by Crippen LogP contribution is 2.28. The Hall–Kier alpha value is -1.14. The van der Waals surface area contributed by atoms with Gasteiger partial charge in [-0.05, 0) is 42.8 Å². The Bertz CT molecular complexity index is 429. The maximum absolute atomic E-state index is 10.6. The van der Waals surface area contributed by atoms with Gasteiger partial charge in [0.2, 0.25) is 0 Å². The van der Waals surface area contributed by atoms with Crippen LogP contribution in [0, 0.1) is 10.1 Å². The SMILES string of the molecule is CC(Nc1ccc([N+](=O)[O-])cc1Br)C(C)(C)O. The quantitative estimate of drug-likeness (QED) is 0.662. The molecule has 1 unspecified atom stereocenters. The fourth-order valence-electron chi connectivity index (χ4n) is 1.14. The molecule has 1 rings (SSSR count). The van der Waals surface area contributed by atoms with Crippen LogP contribution in [0.25, 0.3) is 0 Å². The molecule has 94 valence electrons. The van der Waals surface area contributed by atoms with Crippen LogP contribution in [0.4, 0.5) is 11.4 Å². The standard InChI is InChI=1S/C11H15BrN2O3/c1-7(11(2,3)15)13-10-5-4-8(14(16)17)6-9(10)12/h4-7,13,15H,1-3H3. The lowest BCUT2D eigenvalue weighted by molar-refractivity contribution is -0.384. The fraction of sp³-hybridized carbons (Fsp3) is 0.455. The Morgan fingerprint density at radius 2 is 2.12 bits per heavy atom. The van der Waals surface area contributed by atoms with Crippen molar-refractivity contribution < 1.29 is 10.0 Å². The molecule has 0 fully saturated rings. The summed E-state index contributed by atoms with van der Waals surface area (Å²) in [5, 5.41) is 23.5. The molecule has 0 aromatic heterocycles. The number of hydrogen-bond acceptors (Lipinski definition) is 4. The number of benzene rings is 1. The van der Waals surface area contributed by atoms with E-state index in [0.717, 1.165) is 0 Å². The van der Waals surface area contributed by atoms with Crippen LogP contribution in [-0.2, 0) is 0 Å². The third-order valence-electron chi connectivity index (χ3n) is 2.60.